The van der Waals surface area contributed by atoms with Crippen molar-refractivity contribution in [2.45, 2.75) is 38.9 Å². The standard InChI is InChI=1S/C20H21BN2O2/c1-19(2)20(3,4)25-21(24-19)16-9-10-18(23-13-16)15-11-14-7-5-6-8-17(14)22-12-15/h5-13H,1-4H3. The van der Waals surface area contributed by atoms with Crippen LogP contribution in [0.25, 0.3) is 22.2 Å². The van der Waals surface area contributed by atoms with Crippen molar-refractivity contribution in [3.63, 3.8) is 0 Å². The van der Waals surface area contributed by atoms with E-state index in [0.717, 1.165) is 27.6 Å². The van der Waals surface area contributed by atoms with Gasteiger partial charge in [0.15, 0.2) is 0 Å². The Labute approximate surface area is 148 Å². The third kappa shape index (κ3) is 2.83. The molecule has 0 bridgehead atoms. The number of pyridine rings is 2. The molecule has 2 aromatic heterocycles. The summed E-state index contributed by atoms with van der Waals surface area (Å²) in [6.07, 6.45) is 3.69. The number of benzene rings is 1. The van der Waals surface area contributed by atoms with Crippen LogP contribution in [-0.4, -0.2) is 28.3 Å². The molecule has 3 heterocycles. The van der Waals surface area contributed by atoms with Crippen LogP contribution in [0.3, 0.4) is 0 Å². The molecule has 4 rings (SSSR count). The van der Waals surface area contributed by atoms with E-state index in [0.29, 0.717) is 0 Å². The van der Waals surface area contributed by atoms with Gasteiger partial charge in [-0.2, -0.15) is 0 Å². The number of hydrogen-bond acceptors (Lipinski definition) is 4. The quantitative estimate of drug-likeness (QED) is 0.673. The number of fused-ring (bicyclic) bond motifs is 1. The van der Waals surface area contributed by atoms with Gasteiger partial charge in [-0.05, 0) is 45.9 Å². The number of aromatic nitrogens is 2. The molecule has 0 saturated carbocycles. The lowest BCUT2D eigenvalue weighted by atomic mass is 9.80. The summed E-state index contributed by atoms with van der Waals surface area (Å²) >= 11 is 0. The molecule has 0 unspecified atom stereocenters. The maximum absolute atomic E-state index is 6.08. The van der Waals surface area contributed by atoms with E-state index in [1.807, 2.05) is 42.7 Å². The molecular weight excluding hydrogens is 311 g/mol. The Balaban J connectivity index is 1.62. The van der Waals surface area contributed by atoms with Gasteiger partial charge < -0.3 is 9.31 Å². The van der Waals surface area contributed by atoms with Gasteiger partial charge in [0.1, 0.15) is 0 Å². The summed E-state index contributed by atoms with van der Waals surface area (Å²) in [6.45, 7) is 8.20. The Morgan fingerprint density at radius 3 is 2.24 bits per heavy atom. The second-order valence-corrected chi connectivity index (χ2v) is 7.48. The van der Waals surface area contributed by atoms with Crippen LogP contribution in [-0.2, 0) is 9.31 Å². The predicted molar refractivity (Wildman–Crippen MR) is 101 cm³/mol. The lowest BCUT2D eigenvalue weighted by Gasteiger charge is -2.32. The van der Waals surface area contributed by atoms with E-state index in [-0.39, 0.29) is 18.3 Å². The van der Waals surface area contributed by atoms with E-state index >= 15 is 0 Å². The first-order valence-electron chi connectivity index (χ1n) is 8.52. The van der Waals surface area contributed by atoms with Gasteiger partial charge in [0.05, 0.1) is 22.4 Å². The topological polar surface area (TPSA) is 44.2 Å². The molecule has 126 valence electrons. The lowest BCUT2D eigenvalue weighted by molar-refractivity contribution is 0.00578. The van der Waals surface area contributed by atoms with Crippen molar-refractivity contribution in [1.82, 2.24) is 9.97 Å². The van der Waals surface area contributed by atoms with E-state index < -0.39 is 0 Å². The molecule has 1 aliphatic heterocycles. The minimum absolute atomic E-state index is 0.349. The van der Waals surface area contributed by atoms with Crippen molar-refractivity contribution in [2.24, 2.45) is 0 Å². The Hall–Kier alpha value is -2.24. The second-order valence-electron chi connectivity index (χ2n) is 7.48. The van der Waals surface area contributed by atoms with Crippen LogP contribution in [0.2, 0.25) is 0 Å². The lowest BCUT2D eigenvalue weighted by Crippen LogP contribution is -2.41. The summed E-state index contributed by atoms with van der Waals surface area (Å²) in [7, 11) is -0.388. The second kappa shape index (κ2) is 5.65. The molecular formula is C20H21BN2O2. The van der Waals surface area contributed by atoms with Crippen molar-refractivity contribution in [1.29, 1.82) is 0 Å². The average Bonchev–Trinajstić information content (AvgIpc) is 2.82. The highest BCUT2D eigenvalue weighted by Crippen LogP contribution is 2.36. The normalized spacial score (nSPS) is 18.6. The molecule has 0 amide bonds. The fourth-order valence-corrected chi connectivity index (χ4v) is 2.91. The first-order chi connectivity index (χ1) is 11.9. The zero-order valence-electron chi connectivity index (χ0n) is 15.0. The summed E-state index contributed by atoms with van der Waals surface area (Å²) in [5.74, 6) is 0. The summed E-state index contributed by atoms with van der Waals surface area (Å²) < 4.78 is 12.2. The van der Waals surface area contributed by atoms with E-state index in [9.17, 15) is 0 Å². The third-order valence-electron chi connectivity index (χ3n) is 5.20. The van der Waals surface area contributed by atoms with Crippen LogP contribution in [0, 0.1) is 0 Å². The maximum atomic E-state index is 6.08. The minimum atomic E-state index is -0.388. The van der Waals surface area contributed by atoms with E-state index in [1.165, 1.54) is 0 Å². The molecule has 0 radical (unpaired) electrons. The zero-order chi connectivity index (χ0) is 17.7. The van der Waals surface area contributed by atoms with Crippen molar-refractivity contribution in [3.05, 3.63) is 54.9 Å². The largest absolute Gasteiger partial charge is 0.496 e. The van der Waals surface area contributed by atoms with Gasteiger partial charge in [0, 0.05) is 28.8 Å². The Bertz CT molecular complexity index is 906. The average molecular weight is 332 g/mol. The molecule has 1 aromatic carbocycles. The van der Waals surface area contributed by atoms with Gasteiger partial charge in [-0.25, -0.2) is 0 Å². The summed E-state index contributed by atoms with van der Waals surface area (Å²) in [4.78, 5) is 9.10. The fourth-order valence-electron chi connectivity index (χ4n) is 2.91. The molecule has 0 aliphatic carbocycles. The molecule has 0 N–H and O–H groups in total. The van der Waals surface area contributed by atoms with Gasteiger partial charge in [-0.1, -0.05) is 24.3 Å². The Kier molecular flexibility index (Phi) is 3.67. The molecule has 4 nitrogen and oxygen atoms in total. The smallest absolute Gasteiger partial charge is 0.399 e. The van der Waals surface area contributed by atoms with Gasteiger partial charge in [-0.15, -0.1) is 0 Å². The summed E-state index contributed by atoms with van der Waals surface area (Å²) in [5, 5.41) is 1.11. The number of para-hydroxylation sites is 1. The third-order valence-corrected chi connectivity index (χ3v) is 5.20. The molecule has 25 heavy (non-hydrogen) atoms. The summed E-state index contributed by atoms with van der Waals surface area (Å²) in [5.41, 5.74) is 3.10. The van der Waals surface area contributed by atoms with E-state index in [2.05, 4.69) is 49.8 Å². The van der Waals surface area contributed by atoms with Crippen molar-refractivity contribution in [2.75, 3.05) is 0 Å². The highest BCUT2D eigenvalue weighted by molar-refractivity contribution is 6.62. The molecule has 1 aliphatic rings. The number of hydrogen-bond donors (Lipinski definition) is 0. The monoisotopic (exact) mass is 332 g/mol. The highest BCUT2D eigenvalue weighted by atomic mass is 16.7. The fraction of sp³-hybridized carbons (Fsp3) is 0.300. The van der Waals surface area contributed by atoms with E-state index in [4.69, 9.17) is 9.31 Å². The van der Waals surface area contributed by atoms with Crippen LogP contribution < -0.4 is 5.46 Å². The molecule has 1 saturated heterocycles. The van der Waals surface area contributed by atoms with Gasteiger partial charge in [0.2, 0.25) is 0 Å². The van der Waals surface area contributed by atoms with Gasteiger partial charge >= 0.3 is 7.12 Å². The van der Waals surface area contributed by atoms with Crippen LogP contribution in [0.4, 0.5) is 0 Å². The van der Waals surface area contributed by atoms with Gasteiger partial charge in [0.25, 0.3) is 0 Å². The molecule has 1 fully saturated rings. The van der Waals surface area contributed by atoms with Crippen molar-refractivity contribution < 1.29 is 9.31 Å². The number of nitrogens with zero attached hydrogens (tertiary/aromatic N) is 2. The highest BCUT2D eigenvalue weighted by Gasteiger charge is 2.51. The Morgan fingerprint density at radius 1 is 0.840 bits per heavy atom. The van der Waals surface area contributed by atoms with E-state index in [1.54, 1.807) is 0 Å². The van der Waals surface area contributed by atoms with Gasteiger partial charge in [-0.3, -0.25) is 9.97 Å². The maximum Gasteiger partial charge on any atom is 0.496 e. The first-order valence-corrected chi connectivity index (χ1v) is 8.52. The SMILES string of the molecule is CC1(C)OB(c2ccc(-c3cnc4ccccc4c3)nc2)OC1(C)C. The molecule has 3 aromatic rings. The molecule has 0 atom stereocenters. The van der Waals surface area contributed by atoms with Crippen molar-refractivity contribution >= 4 is 23.5 Å². The predicted octanol–water partition coefficient (Wildman–Crippen LogP) is 3.60. The van der Waals surface area contributed by atoms with Crippen LogP contribution in [0.15, 0.2) is 54.9 Å². The first kappa shape index (κ1) is 16.2. The molecule has 0 spiro atoms. The minimum Gasteiger partial charge on any atom is -0.399 e. The summed E-state index contributed by atoms with van der Waals surface area (Å²) in [6, 6.07) is 14.2. The Morgan fingerprint density at radius 2 is 1.56 bits per heavy atom. The van der Waals surface area contributed by atoms with Crippen LogP contribution in [0.5, 0.6) is 0 Å². The zero-order valence-corrected chi connectivity index (χ0v) is 15.0. The number of rotatable bonds is 2. The van der Waals surface area contributed by atoms with Crippen LogP contribution in [0.1, 0.15) is 27.7 Å². The molecule has 5 heteroatoms. The van der Waals surface area contributed by atoms with Crippen molar-refractivity contribution in [3.8, 4) is 11.3 Å². The van der Waals surface area contributed by atoms with Crippen LogP contribution >= 0.6 is 0 Å².